The molecule has 0 bridgehead atoms. The van der Waals surface area contributed by atoms with E-state index in [2.05, 4.69) is 10.1 Å². The lowest BCUT2D eigenvalue weighted by Crippen LogP contribution is -2.44. The third-order valence-electron chi connectivity index (χ3n) is 6.17. The highest BCUT2D eigenvalue weighted by Crippen LogP contribution is 2.50. The SMILES string of the molecule is COC(=O)CCNC(=O)OC[C@@]1(O)Cc2c(O)c3c(c(O)c2[C@@H](O)C1)C(=O)c1ccccc1C3=O. The summed E-state index contributed by atoms with van der Waals surface area (Å²) in [6, 6.07) is 5.97. The zero-order chi connectivity index (χ0) is 25.5. The van der Waals surface area contributed by atoms with Crippen LogP contribution in [0.5, 0.6) is 11.5 Å². The molecule has 184 valence electrons. The van der Waals surface area contributed by atoms with Crippen LogP contribution < -0.4 is 5.32 Å². The Kier molecular flexibility index (Phi) is 6.22. The molecule has 11 nitrogen and oxygen atoms in total. The van der Waals surface area contributed by atoms with Gasteiger partial charge in [0.2, 0.25) is 0 Å². The van der Waals surface area contributed by atoms with Gasteiger partial charge in [-0.15, -0.1) is 0 Å². The van der Waals surface area contributed by atoms with E-state index < -0.39 is 64.6 Å². The normalized spacial score (nSPS) is 20.4. The summed E-state index contributed by atoms with van der Waals surface area (Å²) in [7, 11) is 1.20. The second kappa shape index (κ2) is 9.01. The summed E-state index contributed by atoms with van der Waals surface area (Å²) in [6.07, 6.45) is -3.33. The van der Waals surface area contributed by atoms with Crippen LogP contribution in [-0.2, 0) is 20.7 Å². The van der Waals surface area contributed by atoms with Crippen molar-refractivity contribution in [2.75, 3.05) is 20.3 Å². The summed E-state index contributed by atoms with van der Waals surface area (Å²) < 4.78 is 9.46. The number of rotatable bonds is 5. The van der Waals surface area contributed by atoms with Crippen molar-refractivity contribution >= 4 is 23.6 Å². The van der Waals surface area contributed by atoms with E-state index in [-0.39, 0.29) is 48.1 Å². The monoisotopic (exact) mass is 485 g/mol. The van der Waals surface area contributed by atoms with Crippen molar-refractivity contribution in [3.63, 3.8) is 0 Å². The van der Waals surface area contributed by atoms with E-state index in [1.807, 2.05) is 0 Å². The van der Waals surface area contributed by atoms with Crippen LogP contribution in [0.4, 0.5) is 4.79 Å². The number of aromatic hydroxyl groups is 2. The molecule has 2 atom stereocenters. The molecule has 11 heteroatoms. The maximum absolute atomic E-state index is 13.1. The Bertz CT molecular complexity index is 1250. The predicted molar refractivity (Wildman–Crippen MR) is 117 cm³/mol. The van der Waals surface area contributed by atoms with Gasteiger partial charge in [0.1, 0.15) is 23.7 Å². The summed E-state index contributed by atoms with van der Waals surface area (Å²) in [5, 5.41) is 45.9. The van der Waals surface area contributed by atoms with Crippen LogP contribution in [0.1, 0.15) is 61.9 Å². The van der Waals surface area contributed by atoms with Crippen molar-refractivity contribution in [1.82, 2.24) is 5.32 Å². The molecule has 4 rings (SSSR count). The minimum absolute atomic E-state index is 0.0539. The summed E-state index contributed by atoms with van der Waals surface area (Å²) in [4.78, 5) is 49.1. The van der Waals surface area contributed by atoms with Gasteiger partial charge < -0.3 is 35.2 Å². The molecule has 0 fully saturated rings. The highest BCUT2D eigenvalue weighted by Gasteiger charge is 2.45. The fraction of sp³-hybridized carbons (Fsp3) is 0.333. The molecule has 0 radical (unpaired) electrons. The van der Waals surface area contributed by atoms with Gasteiger partial charge in [-0.25, -0.2) is 4.79 Å². The molecule has 2 aliphatic carbocycles. The second-order valence-electron chi connectivity index (χ2n) is 8.49. The summed E-state index contributed by atoms with van der Waals surface area (Å²) in [5.41, 5.74) is -2.86. The first-order chi connectivity index (χ1) is 16.6. The molecule has 35 heavy (non-hydrogen) atoms. The van der Waals surface area contributed by atoms with Gasteiger partial charge in [0.15, 0.2) is 11.6 Å². The lowest BCUT2D eigenvalue weighted by molar-refractivity contribution is -0.140. The predicted octanol–water partition coefficient (Wildman–Crippen LogP) is 0.873. The topological polar surface area (TPSA) is 180 Å². The quantitative estimate of drug-likeness (QED) is 0.257. The number of nitrogens with one attached hydrogen (secondary N) is 1. The Morgan fingerprint density at radius 1 is 1.09 bits per heavy atom. The van der Waals surface area contributed by atoms with Crippen molar-refractivity contribution in [1.29, 1.82) is 0 Å². The van der Waals surface area contributed by atoms with E-state index in [1.54, 1.807) is 12.1 Å². The zero-order valence-electron chi connectivity index (χ0n) is 18.7. The average molecular weight is 485 g/mol. The number of methoxy groups -OCH3 is 1. The number of phenolic OH excluding ortho intramolecular Hbond substituents is 2. The van der Waals surface area contributed by atoms with Gasteiger partial charge in [-0.2, -0.15) is 0 Å². The Balaban J connectivity index is 1.61. The number of phenols is 2. The van der Waals surface area contributed by atoms with Crippen molar-refractivity contribution in [3.05, 3.63) is 57.6 Å². The van der Waals surface area contributed by atoms with Crippen LogP contribution in [0.15, 0.2) is 24.3 Å². The van der Waals surface area contributed by atoms with Gasteiger partial charge in [-0.05, 0) is 0 Å². The highest BCUT2D eigenvalue weighted by atomic mass is 16.6. The Labute approximate surface area is 198 Å². The molecular formula is C24H23NO10. The first-order valence-corrected chi connectivity index (χ1v) is 10.7. The lowest BCUT2D eigenvalue weighted by Gasteiger charge is -2.37. The van der Waals surface area contributed by atoms with Crippen LogP contribution in [0.25, 0.3) is 0 Å². The number of carbonyl (C=O) groups is 4. The smallest absolute Gasteiger partial charge is 0.407 e. The summed E-state index contributed by atoms with van der Waals surface area (Å²) in [6.45, 7) is -0.658. The average Bonchev–Trinajstić information content (AvgIpc) is 2.83. The molecule has 0 saturated carbocycles. The molecule has 2 aromatic carbocycles. The van der Waals surface area contributed by atoms with E-state index in [0.29, 0.717) is 0 Å². The van der Waals surface area contributed by atoms with Crippen molar-refractivity contribution in [2.24, 2.45) is 0 Å². The van der Waals surface area contributed by atoms with E-state index in [9.17, 15) is 39.6 Å². The number of aliphatic hydroxyl groups excluding tert-OH is 1. The molecule has 2 aliphatic rings. The van der Waals surface area contributed by atoms with E-state index in [4.69, 9.17) is 4.74 Å². The summed E-state index contributed by atoms with van der Waals surface area (Å²) in [5.74, 6) is -3.18. The lowest BCUT2D eigenvalue weighted by atomic mass is 9.73. The molecular weight excluding hydrogens is 462 g/mol. The number of hydrogen-bond acceptors (Lipinski definition) is 10. The molecule has 0 unspecified atom stereocenters. The fourth-order valence-electron chi connectivity index (χ4n) is 4.51. The fourth-order valence-corrected chi connectivity index (χ4v) is 4.51. The van der Waals surface area contributed by atoms with Gasteiger partial charge in [0, 0.05) is 41.6 Å². The standard InChI is InChI=1S/C24H23NO10/c1-34-15(27)6-7-25-23(32)35-10-24(33)8-13-16(14(26)9-24)22(31)18-17(21(13)30)19(28)11-4-2-3-5-12(11)20(18)29/h2-5,14,26,30-31,33H,6-10H2,1H3,(H,25,32)/t14-,24+/m0/s1. The Morgan fingerprint density at radius 2 is 1.69 bits per heavy atom. The molecule has 1 amide bonds. The number of esters is 1. The van der Waals surface area contributed by atoms with Crippen LogP contribution in [0.2, 0.25) is 0 Å². The van der Waals surface area contributed by atoms with Crippen LogP contribution in [0, 0.1) is 0 Å². The third-order valence-corrected chi connectivity index (χ3v) is 6.17. The van der Waals surface area contributed by atoms with E-state index >= 15 is 0 Å². The number of carbonyl (C=O) groups excluding carboxylic acids is 4. The van der Waals surface area contributed by atoms with E-state index in [0.717, 1.165) is 0 Å². The molecule has 5 N–H and O–H groups in total. The molecule has 0 spiro atoms. The highest BCUT2D eigenvalue weighted by molar-refractivity contribution is 6.30. The minimum Gasteiger partial charge on any atom is -0.507 e. The molecule has 0 aromatic heterocycles. The molecule has 0 aliphatic heterocycles. The zero-order valence-corrected chi connectivity index (χ0v) is 18.7. The van der Waals surface area contributed by atoms with Crippen LogP contribution in [-0.4, -0.2) is 69.9 Å². The number of alkyl carbamates (subject to hydrolysis) is 1. The number of ether oxygens (including phenoxy) is 2. The van der Waals surface area contributed by atoms with Gasteiger partial charge in [0.05, 0.1) is 30.8 Å². The van der Waals surface area contributed by atoms with Crippen LogP contribution >= 0.6 is 0 Å². The first kappa shape index (κ1) is 24.2. The molecule has 0 saturated heterocycles. The molecule has 0 heterocycles. The number of aliphatic hydroxyl groups is 2. The van der Waals surface area contributed by atoms with Crippen molar-refractivity contribution in [2.45, 2.75) is 31.0 Å². The Hall–Kier alpha value is -3.96. The van der Waals surface area contributed by atoms with Gasteiger partial charge in [-0.1, -0.05) is 24.3 Å². The maximum Gasteiger partial charge on any atom is 0.407 e. The second-order valence-corrected chi connectivity index (χ2v) is 8.49. The number of fused-ring (bicyclic) bond motifs is 3. The van der Waals surface area contributed by atoms with Crippen LogP contribution in [0.3, 0.4) is 0 Å². The number of benzene rings is 2. The number of hydrogen-bond donors (Lipinski definition) is 5. The Morgan fingerprint density at radius 3 is 2.29 bits per heavy atom. The minimum atomic E-state index is -1.86. The van der Waals surface area contributed by atoms with Gasteiger partial charge in [0.25, 0.3) is 0 Å². The largest absolute Gasteiger partial charge is 0.507 e. The first-order valence-electron chi connectivity index (χ1n) is 10.7. The number of ketones is 2. The van der Waals surface area contributed by atoms with E-state index in [1.165, 1.54) is 19.2 Å². The molecule has 2 aromatic rings. The number of amides is 1. The van der Waals surface area contributed by atoms with Crippen molar-refractivity contribution in [3.8, 4) is 11.5 Å². The third kappa shape index (κ3) is 4.19. The van der Waals surface area contributed by atoms with Gasteiger partial charge in [-0.3, -0.25) is 14.4 Å². The van der Waals surface area contributed by atoms with Crippen molar-refractivity contribution < 1.29 is 49.1 Å². The summed E-state index contributed by atoms with van der Waals surface area (Å²) >= 11 is 0. The van der Waals surface area contributed by atoms with Gasteiger partial charge >= 0.3 is 12.1 Å². The maximum atomic E-state index is 13.1.